The smallest absolute Gasteiger partial charge is 0.254 e. The molecule has 1 aliphatic heterocycles. The summed E-state index contributed by atoms with van der Waals surface area (Å²) in [7, 11) is 0. The van der Waals surface area contributed by atoms with Crippen LogP contribution in [0.25, 0.3) is 11.0 Å². The van der Waals surface area contributed by atoms with Crippen LogP contribution in [0.4, 0.5) is 8.78 Å². The van der Waals surface area contributed by atoms with Gasteiger partial charge in [0.2, 0.25) is 0 Å². The molecule has 1 saturated heterocycles. The number of carbonyl (C=O) groups is 1. The molecule has 1 atom stereocenters. The molecule has 1 aliphatic rings. The number of rotatable bonds is 4. The summed E-state index contributed by atoms with van der Waals surface area (Å²) in [5, 5.41) is 10.5. The number of fused-ring (bicyclic) bond motifs is 1. The fraction of sp³-hybridized carbons (Fsp3) is 0.278. The predicted octanol–water partition coefficient (Wildman–Crippen LogP) is 2.16. The molecule has 1 fully saturated rings. The van der Waals surface area contributed by atoms with Crippen LogP contribution >= 0.6 is 0 Å². The maximum Gasteiger partial charge on any atom is 0.254 e. The molecule has 3 aromatic rings. The number of nitrogens with zero attached hydrogens (tertiary/aromatic N) is 3. The third kappa shape index (κ3) is 3.72. The van der Waals surface area contributed by atoms with Crippen molar-refractivity contribution in [2.24, 2.45) is 0 Å². The van der Waals surface area contributed by atoms with E-state index in [0.29, 0.717) is 29.7 Å². The number of aromatic nitrogens is 3. The van der Waals surface area contributed by atoms with E-state index in [2.05, 4.69) is 15.4 Å². The standard InChI is InChI=1S/C18H16F2N4O3/c19-12-2-3-14(20)17(8-12)27-10-13-9-24(5-6-26-13)18(25)11-1-4-15-16(7-11)22-23-21-15/h1-4,7-8,13H,5-6,9-10H2,(H,21,22,23). The van der Waals surface area contributed by atoms with E-state index in [1.54, 1.807) is 23.1 Å². The van der Waals surface area contributed by atoms with Gasteiger partial charge in [-0.05, 0) is 30.3 Å². The minimum atomic E-state index is -0.652. The quantitative estimate of drug-likeness (QED) is 0.757. The molecular weight excluding hydrogens is 358 g/mol. The van der Waals surface area contributed by atoms with Crippen LogP contribution in [0, 0.1) is 11.6 Å². The number of benzene rings is 2. The highest BCUT2D eigenvalue weighted by Crippen LogP contribution is 2.20. The monoisotopic (exact) mass is 374 g/mol. The maximum atomic E-state index is 13.6. The lowest BCUT2D eigenvalue weighted by molar-refractivity contribution is -0.0406. The molecule has 0 spiro atoms. The molecule has 1 amide bonds. The van der Waals surface area contributed by atoms with Crippen LogP contribution in [0.3, 0.4) is 0 Å². The molecule has 7 nitrogen and oxygen atoms in total. The van der Waals surface area contributed by atoms with Gasteiger partial charge in [-0.1, -0.05) is 0 Å². The number of morpholine rings is 1. The molecule has 9 heteroatoms. The number of nitrogens with one attached hydrogen (secondary N) is 1. The Bertz CT molecular complexity index is 978. The zero-order valence-corrected chi connectivity index (χ0v) is 14.2. The van der Waals surface area contributed by atoms with E-state index < -0.39 is 17.7 Å². The van der Waals surface area contributed by atoms with E-state index in [1.807, 2.05) is 0 Å². The summed E-state index contributed by atoms with van der Waals surface area (Å²) >= 11 is 0. The molecule has 1 N–H and O–H groups in total. The van der Waals surface area contributed by atoms with Crippen LogP contribution in [0.1, 0.15) is 10.4 Å². The summed E-state index contributed by atoms with van der Waals surface area (Å²) in [6, 6.07) is 8.09. The summed E-state index contributed by atoms with van der Waals surface area (Å²) in [5.41, 5.74) is 1.78. The van der Waals surface area contributed by atoms with Crippen LogP contribution in [-0.4, -0.2) is 58.6 Å². The number of hydrogen-bond acceptors (Lipinski definition) is 5. The Hall–Kier alpha value is -3.07. The van der Waals surface area contributed by atoms with Gasteiger partial charge in [-0.25, -0.2) is 8.78 Å². The summed E-state index contributed by atoms with van der Waals surface area (Å²) in [5.74, 6) is -1.58. The maximum absolute atomic E-state index is 13.6. The topological polar surface area (TPSA) is 80.3 Å². The minimum Gasteiger partial charge on any atom is -0.488 e. The van der Waals surface area contributed by atoms with Crippen molar-refractivity contribution in [2.75, 3.05) is 26.3 Å². The minimum absolute atomic E-state index is 0.00642. The number of carbonyl (C=O) groups excluding carboxylic acids is 1. The van der Waals surface area contributed by atoms with Gasteiger partial charge in [0, 0.05) is 18.2 Å². The molecule has 1 unspecified atom stereocenters. The van der Waals surface area contributed by atoms with Crippen molar-refractivity contribution in [2.45, 2.75) is 6.10 Å². The molecule has 1 aromatic heterocycles. The van der Waals surface area contributed by atoms with Crippen molar-refractivity contribution in [1.29, 1.82) is 0 Å². The number of halogens is 2. The Morgan fingerprint density at radius 3 is 2.96 bits per heavy atom. The molecule has 2 aromatic carbocycles. The number of H-pyrrole nitrogens is 1. The Kier molecular flexibility index (Phi) is 4.68. The van der Waals surface area contributed by atoms with Gasteiger partial charge in [0.05, 0.1) is 13.2 Å². The lowest BCUT2D eigenvalue weighted by Gasteiger charge is -2.33. The van der Waals surface area contributed by atoms with Gasteiger partial charge < -0.3 is 14.4 Å². The van der Waals surface area contributed by atoms with Gasteiger partial charge in [-0.15, -0.1) is 0 Å². The van der Waals surface area contributed by atoms with Crippen molar-refractivity contribution in [3.8, 4) is 5.75 Å². The van der Waals surface area contributed by atoms with E-state index in [-0.39, 0.29) is 24.8 Å². The highest BCUT2D eigenvalue weighted by molar-refractivity contribution is 5.97. The fourth-order valence-electron chi connectivity index (χ4n) is 2.93. The molecule has 140 valence electrons. The largest absolute Gasteiger partial charge is 0.488 e. The summed E-state index contributed by atoms with van der Waals surface area (Å²) in [4.78, 5) is 14.4. The normalized spacial score (nSPS) is 17.3. The Labute approximate surface area is 152 Å². The van der Waals surface area contributed by atoms with Gasteiger partial charge in [0.25, 0.3) is 5.91 Å². The van der Waals surface area contributed by atoms with Crippen LogP contribution < -0.4 is 4.74 Å². The lowest BCUT2D eigenvalue weighted by Crippen LogP contribution is -2.47. The molecule has 0 aliphatic carbocycles. The lowest BCUT2D eigenvalue weighted by atomic mass is 10.1. The average molecular weight is 374 g/mol. The molecule has 2 heterocycles. The highest BCUT2D eigenvalue weighted by Gasteiger charge is 2.26. The number of amides is 1. The van der Waals surface area contributed by atoms with Crippen LogP contribution in [0.2, 0.25) is 0 Å². The second-order valence-electron chi connectivity index (χ2n) is 6.16. The van der Waals surface area contributed by atoms with E-state index in [0.717, 1.165) is 18.2 Å². The highest BCUT2D eigenvalue weighted by atomic mass is 19.1. The summed E-state index contributed by atoms with van der Waals surface area (Å²) < 4.78 is 37.8. The van der Waals surface area contributed by atoms with Crippen molar-refractivity contribution >= 4 is 16.9 Å². The first-order valence-corrected chi connectivity index (χ1v) is 8.39. The Morgan fingerprint density at radius 1 is 1.22 bits per heavy atom. The second kappa shape index (κ2) is 7.28. The van der Waals surface area contributed by atoms with E-state index in [4.69, 9.17) is 9.47 Å². The van der Waals surface area contributed by atoms with Crippen LogP contribution in [0.15, 0.2) is 36.4 Å². The third-order valence-electron chi connectivity index (χ3n) is 4.31. The van der Waals surface area contributed by atoms with Gasteiger partial charge in [0.1, 0.15) is 29.6 Å². The number of ether oxygens (including phenoxy) is 2. The summed E-state index contributed by atoms with van der Waals surface area (Å²) in [6.45, 7) is 1.05. The van der Waals surface area contributed by atoms with Crippen LogP contribution in [0.5, 0.6) is 5.75 Å². The molecule has 27 heavy (non-hydrogen) atoms. The van der Waals surface area contributed by atoms with Crippen LogP contribution in [-0.2, 0) is 4.74 Å². The van der Waals surface area contributed by atoms with Crippen molar-refractivity contribution in [3.05, 3.63) is 53.6 Å². The number of aromatic amines is 1. The first-order chi connectivity index (χ1) is 13.1. The third-order valence-corrected chi connectivity index (χ3v) is 4.31. The Balaban J connectivity index is 1.41. The Morgan fingerprint density at radius 2 is 2.07 bits per heavy atom. The van der Waals surface area contributed by atoms with E-state index >= 15 is 0 Å². The molecule has 0 saturated carbocycles. The molecule has 4 rings (SSSR count). The average Bonchev–Trinajstić information content (AvgIpc) is 3.16. The molecular formula is C18H16F2N4O3. The molecule has 0 radical (unpaired) electrons. The fourth-order valence-corrected chi connectivity index (χ4v) is 2.93. The van der Waals surface area contributed by atoms with Gasteiger partial charge in [-0.3, -0.25) is 4.79 Å². The predicted molar refractivity (Wildman–Crippen MR) is 91.4 cm³/mol. The zero-order valence-electron chi connectivity index (χ0n) is 14.2. The van der Waals surface area contributed by atoms with Gasteiger partial charge in [0.15, 0.2) is 11.6 Å². The zero-order chi connectivity index (χ0) is 18.8. The second-order valence-corrected chi connectivity index (χ2v) is 6.16. The first kappa shape index (κ1) is 17.3. The van der Waals surface area contributed by atoms with Gasteiger partial charge in [-0.2, -0.15) is 15.4 Å². The van der Waals surface area contributed by atoms with Gasteiger partial charge >= 0.3 is 0 Å². The van der Waals surface area contributed by atoms with Crippen molar-refractivity contribution in [1.82, 2.24) is 20.3 Å². The number of hydrogen-bond donors (Lipinski definition) is 1. The summed E-state index contributed by atoms with van der Waals surface area (Å²) in [6.07, 6.45) is -0.443. The SMILES string of the molecule is O=C(c1ccc2n[nH]nc2c1)N1CCOC(COc2cc(F)ccc2F)C1. The van der Waals surface area contributed by atoms with E-state index in [1.165, 1.54) is 0 Å². The first-order valence-electron chi connectivity index (χ1n) is 8.39. The van der Waals surface area contributed by atoms with Crippen molar-refractivity contribution < 1.29 is 23.0 Å². The van der Waals surface area contributed by atoms with E-state index in [9.17, 15) is 13.6 Å². The molecule has 0 bridgehead atoms. The van der Waals surface area contributed by atoms with Crippen molar-refractivity contribution in [3.63, 3.8) is 0 Å².